The molecule has 0 aromatic heterocycles. The second kappa shape index (κ2) is 5.57. The lowest BCUT2D eigenvalue weighted by molar-refractivity contribution is -0.385. The van der Waals surface area contributed by atoms with Gasteiger partial charge in [-0.05, 0) is 25.0 Å². The summed E-state index contributed by atoms with van der Waals surface area (Å²) < 4.78 is 5.22. The molecule has 0 heterocycles. The number of hydrogen-bond acceptors (Lipinski definition) is 5. The molecule has 1 fully saturated rings. The number of hydrogen-bond donors (Lipinski definition) is 0. The molecule has 7 heteroatoms. The molecule has 0 radical (unpaired) electrons. The van der Waals surface area contributed by atoms with Crippen LogP contribution in [0.25, 0.3) is 0 Å². The highest BCUT2D eigenvalue weighted by atomic mass is 16.6. The van der Waals surface area contributed by atoms with Crippen molar-refractivity contribution in [2.75, 3.05) is 13.7 Å². The Morgan fingerprint density at radius 1 is 1.60 bits per heavy atom. The summed E-state index contributed by atoms with van der Waals surface area (Å²) in [6.45, 7) is -0.250. The number of nitrogens with zero attached hydrogens (tertiary/aromatic N) is 3. The summed E-state index contributed by atoms with van der Waals surface area (Å²) in [7, 11) is 1.69. The zero-order valence-electron chi connectivity index (χ0n) is 10.9. The average Bonchev–Trinajstić information content (AvgIpc) is 3.28. The normalized spacial score (nSPS) is 13.4. The molecule has 104 valence electrons. The lowest BCUT2D eigenvalue weighted by atomic mass is 10.2. The Bertz CT molecular complexity index is 590. The largest absolute Gasteiger partial charge is 0.477 e. The van der Waals surface area contributed by atoms with Crippen LogP contribution in [-0.2, 0) is 4.79 Å². The van der Waals surface area contributed by atoms with Crippen LogP contribution in [0.3, 0.4) is 0 Å². The molecule has 0 spiro atoms. The summed E-state index contributed by atoms with van der Waals surface area (Å²) in [5.41, 5.74) is -0.142. The minimum atomic E-state index is -0.634. The van der Waals surface area contributed by atoms with E-state index in [0.29, 0.717) is 0 Å². The van der Waals surface area contributed by atoms with Gasteiger partial charge in [-0.2, -0.15) is 5.26 Å². The summed E-state index contributed by atoms with van der Waals surface area (Å²) in [6, 6.07) is 5.96. The van der Waals surface area contributed by atoms with E-state index in [4.69, 9.17) is 10.00 Å². The number of nitro benzene ring substituents is 1. The van der Waals surface area contributed by atoms with E-state index < -0.39 is 4.92 Å². The molecule has 7 nitrogen and oxygen atoms in total. The van der Waals surface area contributed by atoms with Crippen LogP contribution in [0.1, 0.15) is 18.4 Å². The minimum absolute atomic E-state index is 0.00783. The Balaban J connectivity index is 2.07. The topological polar surface area (TPSA) is 96.5 Å². The fraction of sp³-hybridized carbons (Fsp3) is 0.385. The highest BCUT2D eigenvalue weighted by Gasteiger charge is 2.30. The smallest absolute Gasteiger partial charge is 0.312 e. The van der Waals surface area contributed by atoms with Gasteiger partial charge >= 0.3 is 5.69 Å². The Morgan fingerprint density at radius 3 is 2.85 bits per heavy atom. The number of carbonyl (C=O) groups excluding carboxylic acids is 1. The molecule has 0 unspecified atom stereocenters. The number of benzene rings is 1. The van der Waals surface area contributed by atoms with E-state index >= 15 is 0 Å². The molecule has 1 amide bonds. The van der Waals surface area contributed by atoms with E-state index in [0.717, 1.165) is 18.9 Å². The number of amides is 1. The summed E-state index contributed by atoms with van der Waals surface area (Å²) in [5, 5.41) is 19.6. The molecular formula is C13H13N3O4. The van der Waals surface area contributed by atoms with Gasteiger partial charge in [0, 0.05) is 19.2 Å². The van der Waals surface area contributed by atoms with Crippen molar-refractivity contribution in [2.45, 2.75) is 18.9 Å². The van der Waals surface area contributed by atoms with Crippen molar-refractivity contribution < 1.29 is 14.5 Å². The summed E-state index contributed by atoms with van der Waals surface area (Å²) in [5.74, 6) is -0.224. The first kappa shape index (κ1) is 13.8. The van der Waals surface area contributed by atoms with Crippen LogP contribution in [0.5, 0.6) is 5.75 Å². The third kappa shape index (κ3) is 3.03. The standard InChI is InChI=1S/C13H13N3O4/c1-15(10-3-4-10)13(17)8-20-12-5-2-9(7-14)6-11(12)16(18)19/h2,5-6,10H,3-4,8H2,1H3. The lowest BCUT2D eigenvalue weighted by Gasteiger charge is -2.16. The van der Waals surface area contributed by atoms with Gasteiger partial charge in [-0.3, -0.25) is 14.9 Å². The van der Waals surface area contributed by atoms with E-state index in [1.165, 1.54) is 12.1 Å². The maximum absolute atomic E-state index is 11.8. The minimum Gasteiger partial charge on any atom is -0.477 e. The van der Waals surface area contributed by atoms with Crippen molar-refractivity contribution in [3.8, 4) is 11.8 Å². The summed E-state index contributed by atoms with van der Waals surface area (Å²) >= 11 is 0. The van der Waals surface area contributed by atoms with Crippen LogP contribution in [0.4, 0.5) is 5.69 Å². The molecule has 2 rings (SSSR count). The van der Waals surface area contributed by atoms with Gasteiger partial charge in [0.15, 0.2) is 12.4 Å². The molecule has 1 saturated carbocycles. The SMILES string of the molecule is CN(C(=O)COc1ccc(C#N)cc1[N+](=O)[O-])C1CC1. The molecule has 0 bridgehead atoms. The first-order valence-corrected chi connectivity index (χ1v) is 6.10. The predicted octanol–water partition coefficient (Wildman–Crippen LogP) is 1.47. The monoisotopic (exact) mass is 275 g/mol. The van der Waals surface area contributed by atoms with E-state index in [9.17, 15) is 14.9 Å². The van der Waals surface area contributed by atoms with Crippen LogP contribution in [0.2, 0.25) is 0 Å². The number of nitriles is 1. The third-order valence-corrected chi connectivity index (χ3v) is 3.12. The van der Waals surface area contributed by atoms with E-state index in [2.05, 4.69) is 0 Å². The molecule has 0 N–H and O–H groups in total. The van der Waals surface area contributed by atoms with Crippen molar-refractivity contribution in [1.29, 1.82) is 5.26 Å². The molecule has 20 heavy (non-hydrogen) atoms. The predicted molar refractivity (Wildman–Crippen MR) is 69.1 cm³/mol. The van der Waals surface area contributed by atoms with Gasteiger partial charge in [0.1, 0.15) is 0 Å². The van der Waals surface area contributed by atoms with Gasteiger partial charge in [-0.15, -0.1) is 0 Å². The number of carbonyl (C=O) groups is 1. The fourth-order valence-corrected chi connectivity index (χ4v) is 1.76. The quantitative estimate of drug-likeness (QED) is 0.598. The Morgan fingerprint density at radius 2 is 2.30 bits per heavy atom. The molecule has 1 aromatic carbocycles. The third-order valence-electron chi connectivity index (χ3n) is 3.12. The molecule has 1 aromatic rings. The lowest BCUT2D eigenvalue weighted by Crippen LogP contribution is -2.33. The maximum Gasteiger partial charge on any atom is 0.312 e. The number of likely N-dealkylation sites (N-methyl/N-ethyl adjacent to an activating group) is 1. The maximum atomic E-state index is 11.8. The molecule has 1 aliphatic carbocycles. The summed E-state index contributed by atoms with van der Waals surface area (Å²) in [6.07, 6.45) is 1.97. The molecular weight excluding hydrogens is 262 g/mol. The molecule has 0 aliphatic heterocycles. The second-order valence-corrected chi connectivity index (χ2v) is 4.58. The number of nitro groups is 1. The van der Waals surface area contributed by atoms with Crippen LogP contribution in [-0.4, -0.2) is 35.4 Å². The zero-order chi connectivity index (χ0) is 14.7. The van der Waals surface area contributed by atoms with Crippen molar-refractivity contribution in [1.82, 2.24) is 4.90 Å². The zero-order valence-corrected chi connectivity index (χ0v) is 10.9. The fourth-order valence-electron chi connectivity index (χ4n) is 1.76. The first-order valence-electron chi connectivity index (χ1n) is 6.10. The Labute approximate surface area is 115 Å². The van der Waals surface area contributed by atoms with Gasteiger partial charge in [-0.1, -0.05) is 0 Å². The van der Waals surface area contributed by atoms with E-state index in [-0.39, 0.29) is 35.6 Å². The number of ether oxygens (including phenoxy) is 1. The van der Waals surface area contributed by atoms with Crippen molar-refractivity contribution in [3.05, 3.63) is 33.9 Å². The van der Waals surface area contributed by atoms with Crippen molar-refractivity contribution in [2.24, 2.45) is 0 Å². The van der Waals surface area contributed by atoms with Crippen LogP contribution < -0.4 is 4.74 Å². The van der Waals surface area contributed by atoms with Crippen molar-refractivity contribution in [3.63, 3.8) is 0 Å². The first-order chi connectivity index (χ1) is 9.52. The van der Waals surface area contributed by atoms with Gasteiger partial charge in [0.25, 0.3) is 5.91 Å². The van der Waals surface area contributed by atoms with E-state index in [1.807, 2.05) is 6.07 Å². The van der Waals surface area contributed by atoms with Crippen LogP contribution >= 0.6 is 0 Å². The Kier molecular flexibility index (Phi) is 3.84. The van der Waals surface area contributed by atoms with Crippen molar-refractivity contribution >= 4 is 11.6 Å². The van der Waals surface area contributed by atoms with Crippen LogP contribution in [0.15, 0.2) is 18.2 Å². The molecule has 1 aliphatic rings. The molecule has 0 atom stereocenters. The second-order valence-electron chi connectivity index (χ2n) is 4.58. The Hall–Kier alpha value is -2.62. The van der Waals surface area contributed by atoms with Gasteiger partial charge < -0.3 is 9.64 Å². The van der Waals surface area contributed by atoms with Crippen LogP contribution in [0, 0.1) is 21.4 Å². The molecule has 0 saturated heterocycles. The average molecular weight is 275 g/mol. The summed E-state index contributed by atoms with van der Waals surface area (Å²) in [4.78, 5) is 23.6. The number of rotatable bonds is 5. The van der Waals surface area contributed by atoms with Gasteiger partial charge in [-0.25, -0.2) is 0 Å². The van der Waals surface area contributed by atoms with Gasteiger partial charge in [0.05, 0.1) is 16.6 Å². The highest BCUT2D eigenvalue weighted by molar-refractivity contribution is 5.78. The van der Waals surface area contributed by atoms with Gasteiger partial charge in [0.2, 0.25) is 0 Å². The van der Waals surface area contributed by atoms with E-state index in [1.54, 1.807) is 11.9 Å². The highest BCUT2D eigenvalue weighted by Crippen LogP contribution is 2.28.